The van der Waals surface area contributed by atoms with Crippen molar-refractivity contribution in [3.05, 3.63) is 47.8 Å². The fraction of sp³-hybridized carbons (Fsp3) is 0.455. The van der Waals surface area contributed by atoms with Gasteiger partial charge in [0.05, 0.1) is 17.5 Å². The predicted octanol–water partition coefficient (Wildman–Crippen LogP) is 5.39. The Balaban J connectivity index is 2.11. The number of aliphatic hydroxyl groups is 1. The first kappa shape index (κ1) is 21.2. The van der Waals surface area contributed by atoms with Crippen LogP contribution >= 0.6 is 0 Å². The number of benzene rings is 1. The molecule has 2 atom stereocenters. The summed E-state index contributed by atoms with van der Waals surface area (Å²) in [7, 11) is 0. The molecule has 0 aliphatic heterocycles. The van der Waals surface area contributed by atoms with Crippen molar-refractivity contribution in [2.24, 2.45) is 0 Å². The second kappa shape index (κ2) is 8.45. The monoisotopic (exact) mass is 404 g/mol. The van der Waals surface area contributed by atoms with Gasteiger partial charge in [0.1, 0.15) is 17.2 Å². The molecule has 3 rings (SSSR count). The van der Waals surface area contributed by atoms with Gasteiger partial charge in [-0.1, -0.05) is 12.8 Å². The quantitative estimate of drug-likeness (QED) is 0.719. The second-order valence-corrected chi connectivity index (χ2v) is 8.33. The molecule has 1 aliphatic carbocycles. The average molecular weight is 404 g/mol. The van der Waals surface area contributed by atoms with Crippen LogP contribution in [0.5, 0.6) is 0 Å². The number of carbonyl (C=O) groups is 1. The molecule has 1 aromatic heterocycles. The van der Waals surface area contributed by atoms with Crippen molar-refractivity contribution in [1.82, 2.24) is 4.98 Å². The maximum Gasteiger partial charge on any atom is 0.412 e. The Kier molecular flexibility index (Phi) is 6.17. The van der Waals surface area contributed by atoms with Crippen molar-refractivity contribution >= 4 is 11.8 Å². The van der Waals surface area contributed by atoms with E-state index in [1.165, 1.54) is 12.3 Å². The van der Waals surface area contributed by atoms with E-state index in [4.69, 9.17) is 4.74 Å². The second-order valence-electron chi connectivity index (χ2n) is 8.33. The van der Waals surface area contributed by atoms with Crippen LogP contribution in [0.25, 0.3) is 11.1 Å². The Morgan fingerprint density at radius 3 is 2.59 bits per heavy atom. The molecule has 2 aromatic rings. The number of nitrogens with one attached hydrogen (secondary N) is 1. The van der Waals surface area contributed by atoms with Gasteiger partial charge < -0.3 is 9.84 Å². The van der Waals surface area contributed by atoms with E-state index < -0.39 is 29.4 Å². The third-order valence-electron chi connectivity index (χ3n) is 4.91. The third kappa shape index (κ3) is 5.09. The molecule has 2 N–H and O–H groups in total. The molecule has 1 heterocycles. The van der Waals surface area contributed by atoms with Crippen LogP contribution in [0.1, 0.15) is 58.1 Å². The summed E-state index contributed by atoms with van der Waals surface area (Å²) in [6.45, 7) is 5.19. The lowest BCUT2D eigenvalue weighted by molar-refractivity contribution is 0.0634. The van der Waals surface area contributed by atoms with Gasteiger partial charge in [0.2, 0.25) is 0 Å². The lowest BCUT2D eigenvalue weighted by Gasteiger charge is -2.29. The predicted molar refractivity (Wildman–Crippen MR) is 107 cm³/mol. The van der Waals surface area contributed by atoms with Crippen molar-refractivity contribution in [3.63, 3.8) is 0 Å². The number of aromatic nitrogens is 1. The number of halogens is 2. The highest BCUT2D eigenvalue weighted by Crippen LogP contribution is 2.40. The van der Waals surface area contributed by atoms with Crippen molar-refractivity contribution in [2.75, 3.05) is 5.32 Å². The van der Waals surface area contributed by atoms with E-state index in [-0.39, 0.29) is 22.7 Å². The molecular formula is C22H26F2N2O3. The fourth-order valence-corrected chi connectivity index (χ4v) is 3.65. The zero-order valence-electron chi connectivity index (χ0n) is 16.8. The highest BCUT2D eigenvalue weighted by molar-refractivity contribution is 5.93. The molecule has 0 saturated heterocycles. The maximum atomic E-state index is 14.5. The van der Waals surface area contributed by atoms with Gasteiger partial charge in [-0.25, -0.2) is 13.6 Å². The van der Waals surface area contributed by atoms with Gasteiger partial charge in [-0.15, -0.1) is 0 Å². The van der Waals surface area contributed by atoms with Gasteiger partial charge in [0.15, 0.2) is 0 Å². The summed E-state index contributed by atoms with van der Waals surface area (Å²) in [4.78, 5) is 16.9. The van der Waals surface area contributed by atoms with Crippen LogP contribution in [0.4, 0.5) is 19.3 Å². The first-order chi connectivity index (χ1) is 13.7. The van der Waals surface area contributed by atoms with E-state index >= 15 is 0 Å². The van der Waals surface area contributed by atoms with Crippen LogP contribution in [0.3, 0.4) is 0 Å². The first-order valence-electron chi connectivity index (χ1n) is 9.78. The molecule has 0 spiro atoms. The molecular weight excluding hydrogens is 378 g/mol. The zero-order chi connectivity index (χ0) is 21.2. The van der Waals surface area contributed by atoms with E-state index in [1.807, 2.05) is 0 Å². The zero-order valence-corrected chi connectivity index (χ0v) is 16.8. The summed E-state index contributed by atoms with van der Waals surface area (Å²) in [6, 6.07) is 4.67. The van der Waals surface area contributed by atoms with E-state index in [0.29, 0.717) is 18.5 Å². The van der Waals surface area contributed by atoms with E-state index in [0.717, 1.165) is 31.0 Å². The van der Waals surface area contributed by atoms with Gasteiger partial charge in [-0.05, 0) is 57.9 Å². The molecule has 5 nitrogen and oxygen atoms in total. The molecule has 2 unspecified atom stereocenters. The van der Waals surface area contributed by atoms with Crippen molar-refractivity contribution in [3.8, 4) is 11.1 Å². The van der Waals surface area contributed by atoms with E-state index in [2.05, 4.69) is 10.3 Å². The van der Waals surface area contributed by atoms with E-state index in [1.54, 1.807) is 20.8 Å². The van der Waals surface area contributed by atoms with Gasteiger partial charge in [-0.2, -0.15) is 0 Å². The maximum absolute atomic E-state index is 14.5. The average Bonchev–Trinajstić information content (AvgIpc) is 2.63. The van der Waals surface area contributed by atoms with Crippen molar-refractivity contribution in [2.45, 2.75) is 64.1 Å². The number of anilines is 1. The highest BCUT2D eigenvalue weighted by atomic mass is 19.1. The Bertz CT molecular complexity index is 896. The molecule has 1 aliphatic rings. The molecule has 0 radical (unpaired) electrons. The highest BCUT2D eigenvalue weighted by Gasteiger charge is 2.30. The number of amides is 1. The van der Waals surface area contributed by atoms with Crippen LogP contribution in [0, 0.1) is 11.6 Å². The standard InChI is InChI=1S/C22H26F2N2O3/c1-22(2,3)29-21(28)26-20-14(16-12-13(23)8-9-17(16)24)10-11-25-19(20)15-6-4-5-7-18(15)27/h8-12,15,18,27H,4-7H2,1-3H3,(H,26,28). The molecule has 156 valence electrons. The number of ether oxygens (including phenoxy) is 1. The molecule has 29 heavy (non-hydrogen) atoms. The molecule has 1 aromatic carbocycles. The number of aliphatic hydroxyl groups excluding tert-OH is 1. The number of carbonyl (C=O) groups excluding carboxylic acids is 1. The minimum atomic E-state index is -0.735. The molecule has 1 amide bonds. The smallest absolute Gasteiger partial charge is 0.412 e. The molecule has 0 bridgehead atoms. The minimum Gasteiger partial charge on any atom is -0.444 e. The number of nitrogens with zero attached hydrogens (tertiary/aromatic N) is 1. The summed E-state index contributed by atoms with van der Waals surface area (Å²) in [5.41, 5.74) is 0.239. The van der Waals surface area contributed by atoms with Crippen LogP contribution < -0.4 is 5.32 Å². The number of hydrogen-bond acceptors (Lipinski definition) is 4. The Hall–Kier alpha value is -2.54. The van der Waals surface area contributed by atoms with Crippen LogP contribution in [-0.2, 0) is 4.74 Å². The largest absolute Gasteiger partial charge is 0.444 e. The lowest BCUT2D eigenvalue weighted by atomic mass is 9.82. The number of hydrogen-bond donors (Lipinski definition) is 2. The fourth-order valence-electron chi connectivity index (χ4n) is 3.65. The van der Waals surface area contributed by atoms with Crippen molar-refractivity contribution < 1.29 is 23.4 Å². The van der Waals surface area contributed by atoms with Crippen LogP contribution in [0.2, 0.25) is 0 Å². The summed E-state index contributed by atoms with van der Waals surface area (Å²) < 4.78 is 33.7. The van der Waals surface area contributed by atoms with Gasteiger partial charge in [-0.3, -0.25) is 10.3 Å². The number of pyridine rings is 1. The van der Waals surface area contributed by atoms with Crippen LogP contribution in [-0.4, -0.2) is 27.9 Å². The molecule has 1 saturated carbocycles. The Morgan fingerprint density at radius 1 is 1.17 bits per heavy atom. The minimum absolute atomic E-state index is 0.00464. The molecule has 7 heteroatoms. The topological polar surface area (TPSA) is 71.5 Å². The third-order valence-corrected chi connectivity index (χ3v) is 4.91. The normalized spacial score (nSPS) is 19.7. The summed E-state index contributed by atoms with van der Waals surface area (Å²) >= 11 is 0. The summed E-state index contributed by atoms with van der Waals surface area (Å²) in [5.74, 6) is -1.54. The van der Waals surface area contributed by atoms with Gasteiger partial charge in [0.25, 0.3) is 0 Å². The SMILES string of the molecule is CC(C)(C)OC(=O)Nc1c(-c2cc(F)ccc2F)ccnc1C1CCCCC1O. The van der Waals surface area contributed by atoms with Crippen molar-refractivity contribution in [1.29, 1.82) is 0 Å². The number of rotatable bonds is 3. The Labute approximate surface area is 169 Å². The van der Waals surface area contributed by atoms with E-state index in [9.17, 15) is 18.7 Å². The summed E-state index contributed by atoms with van der Waals surface area (Å²) in [5, 5.41) is 13.2. The lowest BCUT2D eigenvalue weighted by Crippen LogP contribution is -2.29. The Morgan fingerprint density at radius 2 is 1.90 bits per heavy atom. The molecule has 1 fully saturated rings. The van der Waals surface area contributed by atoms with Gasteiger partial charge >= 0.3 is 6.09 Å². The van der Waals surface area contributed by atoms with Gasteiger partial charge in [0, 0.05) is 23.2 Å². The first-order valence-corrected chi connectivity index (χ1v) is 9.78. The van der Waals surface area contributed by atoms with Crippen LogP contribution in [0.15, 0.2) is 30.5 Å². The summed E-state index contributed by atoms with van der Waals surface area (Å²) in [6.07, 6.45) is 3.26.